The molecule has 0 heterocycles. The van der Waals surface area contributed by atoms with Gasteiger partial charge in [0.2, 0.25) is 5.82 Å². The summed E-state index contributed by atoms with van der Waals surface area (Å²) in [5.41, 5.74) is 2.16. The summed E-state index contributed by atoms with van der Waals surface area (Å²) in [6, 6.07) is 10.8. The number of ether oxygens (including phenoxy) is 1. The molecule has 0 saturated heterocycles. The molecule has 0 aromatic heterocycles. The first-order chi connectivity index (χ1) is 11.4. The van der Waals surface area contributed by atoms with Gasteiger partial charge in [0.25, 0.3) is 0 Å². The van der Waals surface area contributed by atoms with E-state index in [1.807, 2.05) is 24.3 Å². The van der Waals surface area contributed by atoms with Crippen LogP contribution in [0.15, 0.2) is 36.4 Å². The lowest BCUT2D eigenvalue weighted by atomic mass is 9.91. The second-order valence-electron chi connectivity index (χ2n) is 6.67. The Morgan fingerprint density at radius 1 is 0.875 bits per heavy atom. The molecule has 24 heavy (non-hydrogen) atoms. The summed E-state index contributed by atoms with van der Waals surface area (Å²) in [5.74, 6) is -0.682. The minimum atomic E-state index is -0.927. The zero-order valence-corrected chi connectivity index (χ0v) is 14.9. The SMILES string of the molecule is CCOc1ccc(-c2ccc(C(C)CCC(C)C)cc2)c(F)c1F. The van der Waals surface area contributed by atoms with Crippen LogP contribution < -0.4 is 4.74 Å². The summed E-state index contributed by atoms with van der Waals surface area (Å²) in [6.45, 7) is 8.69. The van der Waals surface area contributed by atoms with Gasteiger partial charge in [0.15, 0.2) is 11.6 Å². The zero-order chi connectivity index (χ0) is 17.7. The van der Waals surface area contributed by atoms with Crippen molar-refractivity contribution in [1.82, 2.24) is 0 Å². The molecule has 1 nitrogen and oxygen atoms in total. The third kappa shape index (κ3) is 4.34. The monoisotopic (exact) mass is 332 g/mol. The van der Waals surface area contributed by atoms with Crippen molar-refractivity contribution < 1.29 is 13.5 Å². The minimum absolute atomic E-state index is 0.0438. The van der Waals surface area contributed by atoms with Crippen LogP contribution in [0.25, 0.3) is 11.1 Å². The molecule has 2 aromatic carbocycles. The van der Waals surface area contributed by atoms with Gasteiger partial charge >= 0.3 is 0 Å². The van der Waals surface area contributed by atoms with Crippen molar-refractivity contribution in [1.29, 1.82) is 0 Å². The van der Waals surface area contributed by atoms with Crippen LogP contribution in [0.5, 0.6) is 5.75 Å². The summed E-state index contributed by atoms with van der Waals surface area (Å²) in [7, 11) is 0. The Bertz CT molecular complexity index is 662. The summed E-state index contributed by atoms with van der Waals surface area (Å²) >= 11 is 0. The smallest absolute Gasteiger partial charge is 0.201 e. The van der Waals surface area contributed by atoms with E-state index >= 15 is 0 Å². The highest BCUT2D eigenvalue weighted by Crippen LogP contribution is 2.31. The van der Waals surface area contributed by atoms with Crippen LogP contribution in [0.1, 0.15) is 52.0 Å². The third-order valence-electron chi connectivity index (χ3n) is 4.31. The van der Waals surface area contributed by atoms with E-state index in [1.54, 1.807) is 13.0 Å². The van der Waals surface area contributed by atoms with E-state index in [4.69, 9.17) is 4.74 Å². The van der Waals surface area contributed by atoms with Gasteiger partial charge in [-0.05, 0) is 48.4 Å². The van der Waals surface area contributed by atoms with Crippen molar-refractivity contribution in [2.75, 3.05) is 6.61 Å². The highest BCUT2D eigenvalue weighted by Gasteiger charge is 2.16. The van der Waals surface area contributed by atoms with E-state index in [1.165, 1.54) is 18.1 Å². The predicted octanol–water partition coefficient (Wildman–Crippen LogP) is 6.57. The fraction of sp³-hybridized carbons (Fsp3) is 0.429. The maximum absolute atomic E-state index is 14.3. The average molecular weight is 332 g/mol. The van der Waals surface area contributed by atoms with Gasteiger partial charge in [-0.1, -0.05) is 51.5 Å². The Labute approximate surface area is 143 Å². The van der Waals surface area contributed by atoms with Crippen molar-refractivity contribution in [2.45, 2.75) is 46.5 Å². The van der Waals surface area contributed by atoms with E-state index in [9.17, 15) is 8.78 Å². The summed E-state index contributed by atoms with van der Waals surface area (Å²) in [6.07, 6.45) is 2.31. The maximum atomic E-state index is 14.3. The quantitative estimate of drug-likeness (QED) is 0.557. The highest BCUT2D eigenvalue weighted by atomic mass is 19.2. The molecule has 1 atom stereocenters. The van der Waals surface area contributed by atoms with Crippen molar-refractivity contribution in [3.05, 3.63) is 53.6 Å². The lowest BCUT2D eigenvalue weighted by Crippen LogP contribution is -1.99. The van der Waals surface area contributed by atoms with E-state index in [0.29, 0.717) is 24.0 Å². The van der Waals surface area contributed by atoms with E-state index in [2.05, 4.69) is 20.8 Å². The molecule has 2 rings (SSSR count). The van der Waals surface area contributed by atoms with Crippen LogP contribution in [0.2, 0.25) is 0 Å². The molecule has 0 spiro atoms. The van der Waals surface area contributed by atoms with Crippen LogP contribution >= 0.6 is 0 Å². The van der Waals surface area contributed by atoms with Crippen molar-refractivity contribution >= 4 is 0 Å². The molecule has 0 aliphatic heterocycles. The fourth-order valence-corrected chi connectivity index (χ4v) is 2.76. The minimum Gasteiger partial charge on any atom is -0.491 e. The van der Waals surface area contributed by atoms with Gasteiger partial charge in [-0.25, -0.2) is 4.39 Å². The largest absolute Gasteiger partial charge is 0.491 e. The highest BCUT2D eigenvalue weighted by molar-refractivity contribution is 5.65. The number of benzene rings is 2. The Morgan fingerprint density at radius 2 is 1.54 bits per heavy atom. The molecular weight excluding hydrogens is 306 g/mol. The molecule has 0 N–H and O–H groups in total. The first-order valence-corrected chi connectivity index (χ1v) is 8.65. The number of rotatable bonds is 7. The molecule has 0 radical (unpaired) electrons. The van der Waals surface area contributed by atoms with Crippen LogP contribution in [-0.2, 0) is 0 Å². The Balaban J connectivity index is 2.20. The number of halogens is 2. The number of hydrogen-bond acceptors (Lipinski definition) is 1. The molecule has 3 heteroatoms. The molecule has 0 bridgehead atoms. The van der Waals surface area contributed by atoms with Crippen LogP contribution in [-0.4, -0.2) is 6.61 Å². The van der Waals surface area contributed by atoms with Gasteiger partial charge in [-0.3, -0.25) is 0 Å². The van der Waals surface area contributed by atoms with Crippen molar-refractivity contribution in [2.24, 2.45) is 5.92 Å². The molecule has 0 aliphatic carbocycles. The summed E-state index contributed by atoms with van der Waals surface area (Å²) < 4.78 is 33.4. The Hall–Kier alpha value is -1.90. The van der Waals surface area contributed by atoms with Crippen LogP contribution in [0, 0.1) is 17.6 Å². The second kappa shape index (κ2) is 8.27. The van der Waals surface area contributed by atoms with Gasteiger partial charge in [0.1, 0.15) is 0 Å². The molecule has 130 valence electrons. The van der Waals surface area contributed by atoms with Gasteiger partial charge in [-0.15, -0.1) is 0 Å². The summed E-state index contributed by atoms with van der Waals surface area (Å²) in [5, 5.41) is 0. The number of hydrogen-bond donors (Lipinski definition) is 0. The molecule has 2 aromatic rings. The fourth-order valence-electron chi connectivity index (χ4n) is 2.76. The Morgan fingerprint density at radius 3 is 2.12 bits per heavy atom. The molecular formula is C21H26F2O. The molecule has 1 unspecified atom stereocenters. The predicted molar refractivity (Wildman–Crippen MR) is 95.5 cm³/mol. The maximum Gasteiger partial charge on any atom is 0.201 e. The van der Waals surface area contributed by atoms with E-state index in [0.717, 1.165) is 6.42 Å². The summed E-state index contributed by atoms with van der Waals surface area (Å²) in [4.78, 5) is 0. The standard InChI is InChI=1S/C21H26F2O/c1-5-24-19-13-12-18(20(22)21(19)23)17-10-8-16(9-11-17)15(4)7-6-14(2)3/h8-15H,5-7H2,1-4H3. The lowest BCUT2D eigenvalue weighted by molar-refractivity contribution is 0.314. The Kier molecular flexibility index (Phi) is 6.36. The van der Waals surface area contributed by atoms with Crippen molar-refractivity contribution in [3.8, 4) is 16.9 Å². The molecule has 0 amide bonds. The van der Waals surface area contributed by atoms with E-state index in [-0.39, 0.29) is 11.3 Å². The molecule has 0 fully saturated rings. The van der Waals surface area contributed by atoms with Gasteiger partial charge < -0.3 is 4.74 Å². The third-order valence-corrected chi connectivity index (χ3v) is 4.31. The van der Waals surface area contributed by atoms with Crippen LogP contribution in [0.3, 0.4) is 0 Å². The molecule has 0 saturated carbocycles. The normalized spacial score (nSPS) is 12.5. The molecule has 0 aliphatic rings. The van der Waals surface area contributed by atoms with Gasteiger partial charge in [0.05, 0.1) is 6.61 Å². The van der Waals surface area contributed by atoms with Crippen LogP contribution in [0.4, 0.5) is 8.78 Å². The zero-order valence-electron chi connectivity index (χ0n) is 14.9. The average Bonchev–Trinajstić information content (AvgIpc) is 2.57. The second-order valence-corrected chi connectivity index (χ2v) is 6.67. The van der Waals surface area contributed by atoms with Gasteiger partial charge in [-0.2, -0.15) is 4.39 Å². The van der Waals surface area contributed by atoms with Gasteiger partial charge in [0, 0.05) is 5.56 Å². The topological polar surface area (TPSA) is 9.23 Å². The van der Waals surface area contributed by atoms with E-state index < -0.39 is 11.6 Å². The first kappa shape index (κ1) is 18.4. The lowest BCUT2D eigenvalue weighted by Gasteiger charge is -2.14. The first-order valence-electron chi connectivity index (χ1n) is 8.65. The van der Waals surface area contributed by atoms with Crippen molar-refractivity contribution in [3.63, 3.8) is 0 Å².